The quantitative estimate of drug-likeness (QED) is 0.504. The molecule has 3 rings (SSSR count). The summed E-state index contributed by atoms with van der Waals surface area (Å²) in [7, 11) is -0.961. The molecule has 1 aromatic heterocycles. The smallest absolute Gasteiger partial charge is 0.508 e. The average molecular weight is 485 g/mol. The van der Waals surface area contributed by atoms with Crippen LogP contribution in [0.4, 0.5) is 0 Å². The molecule has 4 atom stereocenters. The van der Waals surface area contributed by atoms with Crippen LogP contribution in [0, 0.1) is 0 Å². The topological polar surface area (TPSA) is 127 Å². The van der Waals surface area contributed by atoms with Crippen LogP contribution in [0.1, 0.15) is 31.3 Å². The van der Waals surface area contributed by atoms with Crippen molar-refractivity contribution in [2.75, 3.05) is 13.1 Å². The van der Waals surface area contributed by atoms with Gasteiger partial charge in [0.1, 0.15) is 11.7 Å². The summed E-state index contributed by atoms with van der Waals surface area (Å²) in [6, 6.07) is 13.1. The number of pyridine rings is 1. The zero-order chi connectivity index (χ0) is 24.7. The summed E-state index contributed by atoms with van der Waals surface area (Å²) in [6.45, 7) is 5.44. The lowest BCUT2D eigenvalue weighted by Gasteiger charge is -2.25. The summed E-state index contributed by atoms with van der Waals surface area (Å²) in [5.41, 5.74) is 1.56. The summed E-state index contributed by atoms with van der Waals surface area (Å²) in [6.07, 6.45) is -1.30. The molecule has 2 amide bonds. The molecule has 2 heterocycles. The number of hydrogen-bond acceptors (Lipinski definition) is 8. The van der Waals surface area contributed by atoms with Gasteiger partial charge in [-0.05, 0) is 26.0 Å². The first kappa shape index (κ1) is 25.7. The van der Waals surface area contributed by atoms with Crippen LogP contribution in [0.3, 0.4) is 0 Å². The van der Waals surface area contributed by atoms with E-state index in [-0.39, 0.29) is 22.6 Å². The number of benzene rings is 1. The Morgan fingerprint density at radius 2 is 1.94 bits per heavy atom. The standard InChI is InChI=1S/C23H28BN3O6S/c1-14-12-32-24(33-23(31)16(3)34-14)13-25-22(30)20(15(2)28)27-21(29)19-11-7-10-18(26-19)17-8-5-4-6-9-17/h4-11,14-16,20,28H,12-13H2,1-3H3,(H,25,30)(H,27,29)/t14-,15+,16-,20?/m0/s1. The second kappa shape index (κ2) is 12.0. The van der Waals surface area contributed by atoms with E-state index < -0.39 is 37.0 Å². The zero-order valence-corrected chi connectivity index (χ0v) is 20.1. The summed E-state index contributed by atoms with van der Waals surface area (Å²) in [5, 5.41) is 15.0. The predicted octanol–water partition coefficient (Wildman–Crippen LogP) is 1.45. The molecule has 2 aromatic rings. The maximum atomic E-state index is 12.8. The average Bonchev–Trinajstić information content (AvgIpc) is 2.83. The van der Waals surface area contributed by atoms with Gasteiger partial charge in [0.05, 0.1) is 23.5 Å². The van der Waals surface area contributed by atoms with Crippen molar-refractivity contribution in [3.8, 4) is 11.3 Å². The van der Waals surface area contributed by atoms with E-state index in [0.29, 0.717) is 12.3 Å². The van der Waals surface area contributed by atoms with Gasteiger partial charge in [-0.3, -0.25) is 14.4 Å². The Morgan fingerprint density at radius 3 is 2.65 bits per heavy atom. The number of carbonyl (C=O) groups is 3. The first-order valence-electron chi connectivity index (χ1n) is 11.0. The molecule has 180 valence electrons. The van der Waals surface area contributed by atoms with Gasteiger partial charge in [0.2, 0.25) is 5.91 Å². The molecule has 0 aliphatic carbocycles. The Bertz CT molecular complexity index is 1010. The largest absolute Gasteiger partial charge is 0.547 e. The number of aromatic nitrogens is 1. The van der Waals surface area contributed by atoms with Gasteiger partial charge in [-0.25, -0.2) is 4.98 Å². The molecule has 1 unspecified atom stereocenters. The zero-order valence-electron chi connectivity index (χ0n) is 19.3. The van der Waals surface area contributed by atoms with Gasteiger partial charge < -0.3 is 25.0 Å². The summed E-state index contributed by atoms with van der Waals surface area (Å²) in [4.78, 5) is 42.0. The van der Waals surface area contributed by atoms with Crippen LogP contribution in [0.25, 0.3) is 11.3 Å². The van der Waals surface area contributed by atoms with Crippen molar-refractivity contribution in [3.05, 3.63) is 54.2 Å². The Kier molecular flexibility index (Phi) is 9.09. The highest BCUT2D eigenvalue weighted by molar-refractivity contribution is 8.01. The van der Waals surface area contributed by atoms with Crippen molar-refractivity contribution in [3.63, 3.8) is 0 Å². The molecule has 1 aliphatic heterocycles. The number of rotatable bonds is 7. The molecule has 0 saturated carbocycles. The number of nitrogens with zero attached hydrogens (tertiary/aromatic N) is 1. The van der Waals surface area contributed by atoms with Crippen molar-refractivity contribution in [2.24, 2.45) is 0 Å². The van der Waals surface area contributed by atoms with Gasteiger partial charge >= 0.3 is 13.1 Å². The molecule has 0 spiro atoms. The van der Waals surface area contributed by atoms with Crippen molar-refractivity contribution in [2.45, 2.75) is 43.4 Å². The maximum Gasteiger partial charge on any atom is 0.547 e. The first-order valence-corrected chi connectivity index (χ1v) is 12.0. The van der Waals surface area contributed by atoms with Gasteiger partial charge in [-0.15, -0.1) is 11.8 Å². The van der Waals surface area contributed by atoms with Gasteiger partial charge in [0.25, 0.3) is 5.91 Å². The molecule has 1 aromatic carbocycles. The number of carbonyl (C=O) groups excluding carboxylic acids is 3. The van der Waals surface area contributed by atoms with Gasteiger partial charge in [0.15, 0.2) is 0 Å². The molecule has 9 nitrogen and oxygen atoms in total. The normalized spacial score (nSPS) is 20.4. The van der Waals surface area contributed by atoms with E-state index >= 15 is 0 Å². The van der Waals surface area contributed by atoms with Crippen LogP contribution in [-0.4, -0.2) is 70.7 Å². The van der Waals surface area contributed by atoms with Gasteiger partial charge in [-0.2, -0.15) is 0 Å². The fourth-order valence-electron chi connectivity index (χ4n) is 3.29. The lowest BCUT2D eigenvalue weighted by Crippen LogP contribution is -2.55. The highest BCUT2D eigenvalue weighted by Crippen LogP contribution is 2.21. The minimum atomic E-state index is -1.24. The van der Waals surface area contributed by atoms with Gasteiger partial charge in [-0.1, -0.05) is 43.3 Å². The second-order valence-electron chi connectivity index (χ2n) is 8.00. The number of hydrogen-bond donors (Lipinski definition) is 3. The summed E-state index contributed by atoms with van der Waals surface area (Å²) in [5.74, 6) is -1.67. The Hall–Kier alpha value is -2.89. The molecule has 1 saturated heterocycles. The van der Waals surface area contributed by atoms with Crippen LogP contribution >= 0.6 is 11.8 Å². The molecule has 1 aliphatic rings. The fraction of sp³-hybridized carbons (Fsp3) is 0.391. The van der Waals surface area contributed by atoms with E-state index in [1.165, 1.54) is 24.8 Å². The second-order valence-corrected chi connectivity index (χ2v) is 9.78. The predicted molar refractivity (Wildman–Crippen MR) is 130 cm³/mol. The Balaban J connectivity index is 1.63. The van der Waals surface area contributed by atoms with E-state index in [1.54, 1.807) is 19.1 Å². The maximum absolute atomic E-state index is 12.8. The highest BCUT2D eigenvalue weighted by Gasteiger charge is 2.33. The molecular weight excluding hydrogens is 457 g/mol. The van der Waals surface area contributed by atoms with E-state index in [9.17, 15) is 19.5 Å². The summed E-state index contributed by atoms with van der Waals surface area (Å²) >= 11 is 1.45. The van der Waals surface area contributed by atoms with Crippen LogP contribution in [0.15, 0.2) is 48.5 Å². The Labute approximate surface area is 203 Å². The molecule has 0 radical (unpaired) electrons. The van der Waals surface area contributed by atoms with E-state index in [2.05, 4.69) is 15.6 Å². The third-order valence-corrected chi connectivity index (χ3v) is 6.28. The lowest BCUT2D eigenvalue weighted by atomic mass is 9.89. The molecule has 3 N–H and O–H groups in total. The van der Waals surface area contributed by atoms with Crippen molar-refractivity contribution < 1.29 is 28.8 Å². The Morgan fingerprint density at radius 1 is 1.21 bits per heavy atom. The molecular formula is C23H28BN3O6S. The number of amides is 2. The van der Waals surface area contributed by atoms with Crippen LogP contribution in [-0.2, 0) is 18.9 Å². The minimum absolute atomic E-state index is 0.0877. The van der Waals surface area contributed by atoms with Crippen molar-refractivity contribution in [1.29, 1.82) is 0 Å². The van der Waals surface area contributed by atoms with Crippen molar-refractivity contribution >= 4 is 36.7 Å². The number of aliphatic hydroxyl groups excluding tert-OH is 1. The molecule has 34 heavy (non-hydrogen) atoms. The molecule has 0 bridgehead atoms. The van der Waals surface area contributed by atoms with E-state index in [4.69, 9.17) is 9.31 Å². The van der Waals surface area contributed by atoms with Crippen molar-refractivity contribution in [1.82, 2.24) is 15.6 Å². The van der Waals surface area contributed by atoms with E-state index in [0.717, 1.165) is 5.56 Å². The monoisotopic (exact) mass is 485 g/mol. The SMILES string of the molecule is C[C@@H]1S[C@@H](C)COB(CNC(=O)C(NC(=O)c2cccc(-c3ccccc3)n2)[C@@H](C)O)OC1=O. The van der Waals surface area contributed by atoms with E-state index in [1.807, 2.05) is 37.3 Å². The third kappa shape index (κ3) is 7.05. The first-order chi connectivity index (χ1) is 16.2. The lowest BCUT2D eigenvalue weighted by molar-refractivity contribution is -0.135. The van der Waals surface area contributed by atoms with Crippen LogP contribution < -0.4 is 10.6 Å². The van der Waals surface area contributed by atoms with Crippen LogP contribution in [0.5, 0.6) is 0 Å². The molecule has 1 fully saturated rings. The fourth-order valence-corrected chi connectivity index (χ4v) is 4.31. The molecule has 11 heteroatoms. The number of thioether (sulfide) groups is 1. The highest BCUT2D eigenvalue weighted by atomic mass is 32.2. The number of nitrogens with one attached hydrogen (secondary N) is 2. The third-order valence-electron chi connectivity index (χ3n) is 5.08. The summed E-state index contributed by atoms with van der Waals surface area (Å²) < 4.78 is 10.9. The van der Waals surface area contributed by atoms with Gasteiger partial charge in [0, 0.05) is 17.4 Å². The number of aliphatic hydroxyl groups is 1. The van der Waals surface area contributed by atoms with Crippen LogP contribution in [0.2, 0.25) is 0 Å². The minimum Gasteiger partial charge on any atom is -0.508 e.